The number of piperazine rings is 1. The van der Waals surface area contributed by atoms with Crippen LogP contribution >= 0.6 is 0 Å². The number of carbonyl (C=O) groups is 1. The molecule has 190 valence electrons. The minimum absolute atomic E-state index is 0.123. The molecule has 36 heavy (non-hydrogen) atoms. The summed E-state index contributed by atoms with van der Waals surface area (Å²) in [6, 6.07) is 23.8. The number of hydrogen-bond donors (Lipinski definition) is 1. The molecule has 1 saturated heterocycles. The van der Waals surface area contributed by atoms with Crippen LogP contribution in [0.2, 0.25) is 0 Å². The lowest BCUT2D eigenvalue weighted by Gasteiger charge is -2.34. The number of sulfonamides is 1. The molecule has 1 aliphatic heterocycles. The van der Waals surface area contributed by atoms with Crippen molar-refractivity contribution in [3.05, 3.63) is 95.6 Å². The summed E-state index contributed by atoms with van der Waals surface area (Å²) in [4.78, 5) is 15.3. The summed E-state index contributed by atoms with van der Waals surface area (Å²) >= 11 is 0. The molecule has 8 heteroatoms. The predicted octanol–water partition coefficient (Wildman–Crippen LogP) is 4.08. The van der Waals surface area contributed by atoms with Gasteiger partial charge in [0.05, 0.1) is 17.5 Å². The van der Waals surface area contributed by atoms with Crippen molar-refractivity contribution >= 4 is 15.9 Å². The average molecular weight is 508 g/mol. The molecule has 0 bridgehead atoms. The van der Waals surface area contributed by atoms with Gasteiger partial charge in [0.15, 0.2) is 0 Å². The van der Waals surface area contributed by atoms with Crippen LogP contribution in [0.5, 0.6) is 5.75 Å². The van der Waals surface area contributed by atoms with E-state index in [1.807, 2.05) is 68.4 Å². The van der Waals surface area contributed by atoms with Gasteiger partial charge in [0.25, 0.3) is 5.91 Å². The normalized spacial score (nSPS) is 15.8. The maximum absolute atomic E-state index is 12.8. The zero-order chi connectivity index (χ0) is 25.5. The molecular formula is C28H33N3O4S. The van der Waals surface area contributed by atoms with Crippen molar-refractivity contribution in [3.8, 4) is 5.75 Å². The Bertz CT molecular complexity index is 1240. The summed E-state index contributed by atoms with van der Waals surface area (Å²) in [5.74, 6) is 0.692. The van der Waals surface area contributed by atoms with E-state index in [1.165, 1.54) is 0 Å². The maximum atomic E-state index is 12.8. The third-order valence-corrected chi connectivity index (χ3v) is 8.29. The predicted molar refractivity (Wildman–Crippen MR) is 140 cm³/mol. The van der Waals surface area contributed by atoms with Crippen LogP contribution < -0.4 is 10.1 Å². The summed E-state index contributed by atoms with van der Waals surface area (Å²) in [7, 11) is -3.45. The molecule has 3 aromatic carbocycles. The lowest BCUT2D eigenvalue weighted by molar-refractivity contribution is 0.0940. The highest BCUT2D eigenvalue weighted by Crippen LogP contribution is 2.20. The van der Waals surface area contributed by atoms with Gasteiger partial charge in [0.2, 0.25) is 10.0 Å². The molecule has 0 unspecified atom stereocenters. The third-order valence-electron chi connectivity index (χ3n) is 6.37. The third kappa shape index (κ3) is 6.32. The number of nitrogens with one attached hydrogen (secondary N) is 1. The zero-order valence-electron chi connectivity index (χ0n) is 20.8. The minimum atomic E-state index is -3.45. The molecule has 7 nitrogen and oxygen atoms in total. The van der Waals surface area contributed by atoms with E-state index in [1.54, 1.807) is 28.6 Å². The van der Waals surface area contributed by atoms with Gasteiger partial charge in [-0.15, -0.1) is 0 Å². The topological polar surface area (TPSA) is 79.0 Å². The first-order chi connectivity index (χ1) is 17.4. The Morgan fingerprint density at radius 1 is 0.917 bits per heavy atom. The van der Waals surface area contributed by atoms with Crippen LogP contribution in [0, 0.1) is 0 Å². The molecule has 0 spiro atoms. The van der Waals surface area contributed by atoms with Crippen molar-refractivity contribution in [3.63, 3.8) is 0 Å². The number of benzene rings is 3. The number of hydrogen-bond acceptors (Lipinski definition) is 5. The second-order valence-corrected chi connectivity index (χ2v) is 10.8. The molecule has 1 aliphatic rings. The van der Waals surface area contributed by atoms with E-state index in [0.29, 0.717) is 49.8 Å². The highest BCUT2D eigenvalue weighted by molar-refractivity contribution is 7.89. The molecule has 0 radical (unpaired) electrons. The molecule has 0 aromatic heterocycles. The van der Waals surface area contributed by atoms with E-state index < -0.39 is 10.0 Å². The Labute approximate surface area is 213 Å². The van der Waals surface area contributed by atoms with Crippen LogP contribution in [0.3, 0.4) is 0 Å². The molecule has 1 heterocycles. The van der Waals surface area contributed by atoms with Crippen LogP contribution in [0.4, 0.5) is 0 Å². The fourth-order valence-electron chi connectivity index (χ4n) is 4.27. The monoisotopic (exact) mass is 507 g/mol. The van der Waals surface area contributed by atoms with Crippen LogP contribution in [0.25, 0.3) is 0 Å². The second kappa shape index (κ2) is 11.7. The first-order valence-electron chi connectivity index (χ1n) is 12.3. The van der Waals surface area contributed by atoms with Crippen LogP contribution in [-0.2, 0) is 16.6 Å². The standard InChI is InChI=1S/C28H33N3O4S/c1-3-35-26-15-13-24(14-16-26)22(2)29-28(32)25-11-9-23(10-12-25)21-30-17-19-31(20-18-30)36(33,34)27-7-5-4-6-8-27/h4-16,22H,3,17-21H2,1-2H3,(H,29,32)/t22-/m1/s1. The van der Waals surface area contributed by atoms with Gasteiger partial charge in [-0.1, -0.05) is 42.5 Å². The Kier molecular flexibility index (Phi) is 8.40. The smallest absolute Gasteiger partial charge is 0.251 e. The molecule has 1 amide bonds. The molecule has 1 fully saturated rings. The number of carbonyl (C=O) groups excluding carboxylic acids is 1. The molecule has 1 atom stereocenters. The fourth-order valence-corrected chi connectivity index (χ4v) is 5.72. The maximum Gasteiger partial charge on any atom is 0.251 e. The SMILES string of the molecule is CCOc1ccc([C@@H](C)NC(=O)c2ccc(CN3CCN(S(=O)(=O)c4ccccc4)CC3)cc2)cc1. The molecule has 0 saturated carbocycles. The second-order valence-electron chi connectivity index (χ2n) is 8.89. The van der Waals surface area contributed by atoms with Crippen molar-refractivity contribution in [2.45, 2.75) is 31.3 Å². The zero-order valence-corrected chi connectivity index (χ0v) is 21.6. The quantitative estimate of drug-likeness (QED) is 0.472. The Hall–Kier alpha value is -3.20. The van der Waals surface area contributed by atoms with Crippen molar-refractivity contribution in [2.24, 2.45) is 0 Å². The van der Waals surface area contributed by atoms with Crippen molar-refractivity contribution in [1.82, 2.24) is 14.5 Å². The van der Waals surface area contributed by atoms with Gasteiger partial charge >= 0.3 is 0 Å². The van der Waals surface area contributed by atoms with Gasteiger partial charge in [-0.2, -0.15) is 4.31 Å². The van der Waals surface area contributed by atoms with Gasteiger partial charge < -0.3 is 10.1 Å². The molecular weight excluding hydrogens is 474 g/mol. The lowest BCUT2D eigenvalue weighted by Crippen LogP contribution is -2.48. The van der Waals surface area contributed by atoms with Gasteiger partial charge in [0.1, 0.15) is 5.75 Å². The molecule has 1 N–H and O–H groups in total. The highest BCUT2D eigenvalue weighted by Gasteiger charge is 2.28. The number of nitrogens with zero attached hydrogens (tertiary/aromatic N) is 2. The molecule has 3 aromatic rings. The molecule has 0 aliphatic carbocycles. The van der Waals surface area contributed by atoms with Gasteiger partial charge in [0, 0.05) is 38.3 Å². The first-order valence-corrected chi connectivity index (χ1v) is 13.7. The Morgan fingerprint density at radius 2 is 1.56 bits per heavy atom. The minimum Gasteiger partial charge on any atom is -0.494 e. The summed E-state index contributed by atoms with van der Waals surface area (Å²) in [5, 5.41) is 3.04. The number of amides is 1. The Morgan fingerprint density at radius 3 is 2.17 bits per heavy atom. The molecule has 4 rings (SSSR count). The van der Waals surface area contributed by atoms with E-state index in [-0.39, 0.29) is 11.9 Å². The summed E-state index contributed by atoms with van der Waals surface area (Å²) in [5.41, 5.74) is 2.71. The Balaban J connectivity index is 1.28. The van der Waals surface area contributed by atoms with Crippen molar-refractivity contribution < 1.29 is 17.9 Å². The number of ether oxygens (including phenoxy) is 1. The van der Waals surface area contributed by atoms with Gasteiger partial charge in [-0.3, -0.25) is 9.69 Å². The number of rotatable bonds is 9. The van der Waals surface area contributed by atoms with E-state index in [2.05, 4.69) is 10.2 Å². The summed E-state index contributed by atoms with van der Waals surface area (Å²) < 4.78 is 32.7. The van der Waals surface area contributed by atoms with Crippen LogP contribution in [-0.4, -0.2) is 56.3 Å². The highest BCUT2D eigenvalue weighted by atomic mass is 32.2. The van der Waals surface area contributed by atoms with Crippen molar-refractivity contribution in [2.75, 3.05) is 32.8 Å². The van der Waals surface area contributed by atoms with Gasteiger partial charge in [-0.25, -0.2) is 8.42 Å². The largest absolute Gasteiger partial charge is 0.494 e. The van der Waals surface area contributed by atoms with Gasteiger partial charge in [-0.05, 0) is 61.4 Å². The lowest BCUT2D eigenvalue weighted by atomic mass is 10.1. The summed E-state index contributed by atoms with van der Waals surface area (Å²) in [6.07, 6.45) is 0. The van der Waals surface area contributed by atoms with Crippen molar-refractivity contribution in [1.29, 1.82) is 0 Å². The van der Waals surface area contributed by atoms with E-state index in [4.69, 9.17) is 4.74 Å². The summed E-state index contributed by atoms with van der Waals surface area (Å²) in [6.45, 7) is 7.48. The first kappa shape index (κ1) is 25.9. The van der Waals surface area contributed by atoms with E-state index >= 15 is 0 Å². The average Bonchev–Trinajstić information content (AvgIpc) is 2.90. The van der Waals surface area contributed by atoms with Crippen LogP contribution in [0.15, 0.2) is 83.8 Å². The fraction of sp³-hybridized carbons (Fsp3) is 0.321. The van der Waals surface area contributed by atoms with E-state index in [9.17, 15) is 13.2 Å². The van der Waals surface area contributed by atoms with Crippen LogP contribution in [0.1, 0.15) is 41.4 Å². The van der Waals surface area contributed by atoms with E-state index in [0.717, 1.165) is 16.9 Å².